The molecule has 0 aliphatic heterocycles. The van der Waals surface area contributed by atoms with Crippen molar-refractivity contribution < 1.29 is 0 Å². The van der Waals surface area contributed by atoms with E-state index in [-0.39, 0.29) is 0 Å². The number of hydrogen-bond acceptors (Lipinski definition) is 1. The van der Waals surface area contributed by atoms with Gasteiger partial charge in [0, 0.05) is 21.1 Å². The van der Waals surface area contributed by atoms with Crippen LogP contribution in [0.15, 0.2) is 40.9 Å². The highest BCUT2D eigenvalue weighted by Gasteiger charge is 2.04. The smallest absolute Gasteiger partial charge is 0.0652 e. The molecular formula is C13H9BrCl3N. The van der Waals surface area contributed by atoms with Crippen molar-refractivity contribution in [3.05, 3.63) is 61.5 Å². The summed E-state index contributed by atoms with van der Waals surface area (Å²) in [6.07, 6.45) is 0. The molecule has 94 valence electrons. The second kappa shape index (κ2) is 6.16. The molecular weight excluding hydrogens is 356 g/mol. The third kappa shape index (κ3) is 3.55. The first-order chi connectivity index (χ1) is 8.56. The van der Waals surface area contributed by atoms with E-state index < -0.39 is 0 Å². The Kier molecular flexibility index (Phi) is 4.79. The van der Waals surface area contributed by atoms with Gasteiger partial charge in [-0.2, -0.15) is 0 Å². The molecule has 0 saturated carbocycles. The van der Waals surface area contributed by atoms with Crippen LogP contribution in [0.2, 0.25) is 15.1 Å². The van der Waals surface area contributed by atoms with E-state index in [4.69, 9.17) is 34.8 Å². The van der Waals surface area contributed by atoms with E-state index in [2.05, 4.69) is 21.2 Å². The average molecular weight is 365 g/mol. The maximum atomic E-state index is 6.08. The number of hydrogen-bond donors (Lipinski definition) is 1. The maximum Gasteiger partial charge on any atom is 0.0652 e. The molecule has 0 amide bonds. The van der Waals surface area contributed by atoms with Crippen LogP contribution in [-0.4, -0.2) is 0 Å². The summed E-state index contributed by atoms with van der Waals surface area (Å²) in [5.74, 6) is 0. The highest BCUT2D eigenvalue weighted by molar-refractivity contribution is 9.10. The van der Waals surface area contributed by atoms with Crippen molar-refractivity contribution in [1.82, 2.24) is 0 Å². The summed E-state index contributed by atoms with van der Waals surface area (Å²) in [6, 6.07) is 11.0. The van der Waals surface area contributed by atoms with Crippen molar-refractivity contribution in [2.45, 2.75) is 6.54 Å². The number of rotatable bonds is 3. The van der Waals surface area contributed by atoms with Crippen LogP contribution in [-0.2, 0) is 6.54 Å². The predicted molar refractivity (Wildman–Crippen MR) is 82.9 cm³/mol. The predicted octanol–water partition coefficient (Wildman–Crippen LogP) is 6.02. The Morgan fingerprint density at radius 2 is 1.61 bits per heavy atom. The summed E-state index contributed by atoms with van der Waals surface area (Å²) >= 11 is 21.4. The van der Waals surface area contributed by atoms with Gasteiger partial charge in [-0.05, 0) is 42.0 Å². The highest BCUT2D eigenvalue weighted by Crippen LogP contribution is 2.27. The SMILES string of the molecule is Clc1ccc(NCc2cc(Cl)ccc2Br)c(Cl)c1. The Morgan fingerprint density at radius 3 is 2.33 bits per heavy atom. The van der Waals surface area contributed by atoms with E-state index in [0.717, 1.165) is 15.7 Å². The van der Waals surface area contributed by atoms with Gasteiger partial charge in [-0.1, -0.05) is 50.7 Å². The fourth-order valence-electron chi connectivity index (χ4n) is 1.50. The molecule has 0 fully saturated rings. The minimum atomic E-state index is 0.598. The van der Waals surface area contributed by atoms with E-state index >= 15 is 0 Å². The molecule has 0 radical (unpaired) electrons. The van der Waals surface area contributed by atoms with E-state index in [1.165, 1.54) is 0 Å². The van der Waals surface area contributed by atoms with Crippen molar-refractivity contribution in [1.29, 1.82) is 0 Å². The molecule has 0 unspecified atom stereocenters. The fourth-order valence-corrected chi connectivity index (χ4v) is 2.56. The van der Waals surface area contributed by atoms with Gasteiger partial charge in [-0.3, -0.25) is 0 Å². The number of benzene rings is 2. The lowest BCUT2D eigenvalue weighted by Gasteiger charge is -2.10. The molecule has 18 heavy (non-hydrogen) atoms. The Bertz CT molecular complexity index is 572. The van der Waals surface area contributed by atoms with Crippen LogP contribution in [0.3, 0.4) is 0 Å². The van der Waals surface area contributed by atoms with Gasteiger partial charge in [0.05, 0.1) is 10.7 Å². The molecule has 5 heteroatoms. The first-order valence-corrected chi connectivity index (χ1v) is 7.12. The molecule has 0 aliphatic rings. The van der Waals surface area contributed by atoms with Gasteiger partial charge in [0.25, 0.3) is 0 Å². The second-order valence-electron chi connectivity index (χ2n) is 3.71. The third-order valence-corrected chi connectivity index (χ3v) is 3.96. The number of halogens is 4. The number of anilines is 1. The van der Waals surface area contributed by atoms with Crippen LogP contribution < -0.4 is 5.32 Å². The lowest BCUT2D eigenvalue weighted by molar-refractivity contribution is 1.14. The zero-order valence-electron chi connectivity index (χ0n) is 9.18. The van der Waals surface area contributed by atoms with Crippen LogP contribution in [0.4, 0.5) is 5.69 Å². The Balaban J connectivity index is 2.13. The van der Waals surface area contributed by atoms with Crippen LogP contribution in [0.5, 0.6) is 0 Å². The second-order valence-corrected chi connectivity index (χ2v) is 5.85. The van der Waals surface area contributed by atoms with Crippen LogP contribution >= 0.6 is 50.7 Å². The van der Waals surface area contributed by atoms with Crippen molar-refractivity contribution in [3.8, 4) is 0 Å². The minimum Gasteiger partial charge on any atom is -0.380 e. The lowest BCUT2D eigenvalue weighted by Crippen LogP contribution is -2.00. The maximum absolute atomic E-state index is 6.08. The van der Waals surface area contributed by atoms with Crippen LogP contribution in [0.25, 0.3) is 0 Å². The molecule has 0 aliphatic carbocycles. The standard InChI is InChI=1S/C13H9BrCl3N/c14-11-3-1-9(15)5-8(11)7-18-13-4-2-10(16)6-12(13)17/h1-6,18H,7H2. The monoisotopic (exact) mass is 363 g/mol. The molecule has 2 aromatic carbocycles. The third-order valence-electron chi connectivity index (χ3n) is 2.41. The molecule has 2 aromatic rings. The quantitative estimate of drug-likeness (QED) is 0.701. The zero-order valence-corrected chi connectivity index (χ0v) is 13.0. The molecule has 0 spiro atoms. The van der Waals surface area contributed by atoms with E-state index in [9.17, 15) is 0 Å². The highest BCUT2D eigenvalue weighted by atomic mass is 79.9. The minimum absolute atomic E-state index is 0.598. The van der Waals surface area contributed by atoms with Gasteiger partial charge in [0.15, 0.2) is 0 Å². The van der Waals surface area contributed by atoms with Crippen molar-refractivity contribution >= 4 is 56.4 Å². The summed E-state index contributed by atoms with van der Waals surface area (Å²) < 4.78 is 1.00. The molecule has 1 nitrogen and oxygen atoms in total. The average Bonchev–Trinajstić information content (AvgIpc) is 2.32. The summed E-state index contributed by atoms with van der Waals surface area (Å²) in [6.45, 7) is 0.627. The molecule has 0 atom stereocenters. The first-order valence-electron chi connectivity index (χ1n) is 5.19. The Labute approximate surface area is 129 Å². The molecule has 0 bridgehead atoms. The van der Waals surface area contributed by atoms with Gasteiger partial charge in [-0.15, -0.1) is 0 Å². The summed E-state index contributed by atoms with van der Waals surface area (Å²) in [5, 5.41) is 5.17. The molecule has 1 N–H and O–H groups in total. The van der Waals surface area contributed by atoms with Gasteiger partial charge < -0.3 is 5.32 Å². The first kappa shape index (κ1) is 14.0. The van der Waals surface area contributed by atoms with Crippen molar-refractivity contribution in [2.24, 2.45) is 0 Å². The van der Waals surface area contributed by atoms with Gasteiger partial charge in [0.2, 0.25) is 0 Å². The molecule has 0 aromatic heterocycles. The van der Waals surface area contributed by atoms with Gasteiger partial charge >= 0.3 is 0 Å². The Hall–Kier alpha value is -0.410. The molecule has 0 heterocycles. The van der Waals surface area contributed by atoms with E-state index in [0.29, 0.717) is 21.6 Å². The largest absolute Gasteiger partial charge is 0.380 e. The fraction of sp³-hybridized carbons (Fsp3) is 0.0769. The van der Waals surface area contributed by atoms with Gasteiger partial charge in [-0.25, -0.2) is 0 Å². The molecule has 2 rings (SSSR count). The summed E-state index contributed by atoms with van der Waals surface area (Å²) in [7, 11) is 0. The topological polar surface area (TPSA) is 12.0 Å². The van der Waals surface area contributed by atoms with Crippen LogP contribution in [0.1, 0.15) is 5.56 Å². The van der Waals surface area contributed by atoms with E-state index in [1.807, 2.05) is 24.3 Å². The Morgan fingerprint density at radius 1 is 0.944 bits per heavy atom. The zero-order chi connectivity index (χ0) is 13.1. The van der Waals surface area contributed by atoms with Crippen LogP contribution in [0, 0.1) is 0 Å². The summed E-state index contributed by atoms with van der Waals surface area (Å²) in [4.78, 5) is 0. The van der Waals surface area contributed by atoms with Crippen molar-refractivity contribution in [2.75, 3.05) is 5.32 Å². The number of nitrogens with one attached hydrogen (secondary N) is 1. The normalized spacial score (nSPS) is 10.4. The van der Waals surface area contributed by atoms with Gasteiger partial charge in [0.1, 0.15) is 0 Å². The summed E-state index contributed by atoms with van der Waals surface area (Å²) in [5.41, 5.74) is 1.90. The van der Waals surface area contributed by atoms with E-state index in [1.54, 1.807) is 12.1 Å². The van der Waals surface area contributed by atoms with Crippen molar-refractivity contribution in [3.63, 3.8) is 0 Å². The molecule has 0 saturated heterocycles. The lowest BCUT2D eigenvalue weighted by atomic mass is 10.2.